The molecule has 102 valence electrons. The topological polar surface area (TPSA) is 20.2 Å². The van der Waals surface area contributed by atoms with Crippen molar-refractivity contribution in [1.82, 2.24) is 0 Å². The van der Waals surface area contributed by atoms with Crippen molar-refractivity contribution in [2.24, 2.45) is 0 Å². The first-order valence-corrected chi connectivity index (χ1v) is 10.1. The van der Waals surface area contributed by atoms with Crippen molar-refractivity contribution in [3.05, 3.63) is 35.9 Å². The van der Waals surface area contributed by atoms with Crippen molar-refractivity contribution in [2.75, 3.05) is 5.88 Å². The van der Waals surface area contributed by atoms with Gasteiger partial charge in [0.1, 0.15) is 0 Å². The van der Waals surface area contributed by atoms with Crippen LogP contribution >= 0.6 is 11.6 Å². The molecule has 1 nitrogen and oxygen atoms in total. The highest BCUT2D eigenvalue weighted by Gasteiger charge is 2.39. The number of hydrogen-bond donors (Lipinski definition) is 1. The molecule has 1 aromatic rings. The van der Waals surface area contributed by atoms with E-state index < -0.39 is 8.32 Å². The second-order valence-corrected chi connectivity index (χ2v) is 11.1. The summed E-state index contributed by atoms with van der Waals surface area (Å²) in [5.41, 5.74) is 1.34. The summed E-state index contributed by atoms with van der Waals surface area (Å²) in [5.74, 6) is 1.11. The van der Waals surface area contributed by atoms with Crippen molar-refractivity contribution < 1.29 is 4.80 Å². The molecule has 1 atom stereocenters. The van der Waals surface area contributed by atoms with Crippen LogP contribution in [0.2, 0.25) is 18.1 Å². The highest BCUT2D eigenvalue weighted by Crippen LogP contribution is 2.45. The highest BCUT2D eigenvalue weighted by molar-refractivity contribution is 6.72. The molecule has 0 aromatic heterocycles. The summed E-state index contributed by atoms with van der Waals surface area (Å²) in [5, 5.41) is -0.000430. The van der Waals surface area contributed by atoms with Crippen LogP contribution in [0.5, 0.6) is 0 Å². The molecule has 0 amide bonds. The van der Waals surface area contributed by atoms with Gasteiger partial charge in [-0.15, -0.1) is 11.6 Å². The first-order chi connectivity index (χ1) is 8.28. The Morgan fingerprint density at radius 1 is 1.22 bits per heavy atom. The third-order valence-corrected chi connectivity index (χ3v) is 7.88. The number of hydrogen-bond acceptors (Lipinski definition) is 1. The third kappa shape index (κ3) is 4.11. The van der Waals surface area contributed by atoms with Crippen molar-refractivity contribution >= 4 is 19.9 Å². The standard InChI is InChI=1S/C15H25ClOSi/c1-15(2,18(3,4)17)12-14(10-11-16)13-8-6-5-7-9-13/h5-9,14,17H,10-12H2,1-4H3. The first-order valence-electron chi connectivity index (χ1n) is 6.61. The lowest BCUT2D eigenvalue weighted by Crippen LogP contribution is -2.40. The molecule has 0 spiro atoms. The fraction of sp³-hybridized carbons (Fsp3) is 0.600. The molecule has 0 saturated carbocycles. The van der Waals surface area contributed by atoms with E-state index in [0.717, 1.165) is 12.8 Å². The second-order valence-electron chi connectivity index (χ2n) is 6.23. The first kappa shape index (κ1) is 15.7. The molecule has 0 heterocycles. The Morgan fingerprint density at radius 3 is 2.22 bits per heavy atom. The number of halogens is 1. The van der Waals surface area contributed by atoms with Crippen LogP contribution in [0.1, 0.15) is 38.2 Å². The van der Waals surface area contributed by atoms with E-state index in [-0.39, 0.29) is 5.04 Å². The Hall–Kier alpha value is -0.313. The lowest BCUT2D eigenvalue weighted by molar-refractivity contribution is 0.418. The summed E-state index contributed by atoms with van der Waals surface area (Å²) < 4.78 is 0. The van der Waals surface area contributed by atoms with E-state index in [4.69, 9.17) is 11.6 Å². The van der Waals surface area contributed by atoms with E-state index in [1.54, 1.807) is 0 Å². The molecule has 1 aromatic carbocycles. The normalized spacial score (nSPS) is 14.6. The minimum absolute atomic E-state index is 0.000430. The lowest BCUT2D eigenvalue weighted by Gasteiger charge is -2.38. The SMILES string of the molecule is CC(C)(CC(CCCl)c1ccccc1)[Si](C)(C)O. The van der Waals surface area contributed by atoms with Gasteiger partial charge in [0, 0.05) is 5.88 Å². The summed E-state index contributed by atoms with van der Waals surface area (Å²) in [7, 11) is -2.15. The molecular weight excluding hydrogens is 260 g/mol. The predicted octanol–water partition coefficient (Wildman–Crippen LogP) is 4.77. The lowest BCUT2D eigenvalue weighted by atomic mass is 9.88. The molecule has 0 saturated heterocycles. The summed E-state index contributed by atoms with van der Waals surface area (Å²) in [6, 6.07) is 10.5. The van der Waals surface area contributed by atoms with Crippen molar-refractivity contribution in [1.29, 1.82) is 0 Å². The predicted molar refractivity (Wildman–Crippen MR) is 82.9 cm³/mol. The van der Waals surface area contributed by atoms with E-state index in [9.17, 15) is 4.80 Å². The van der Waals surface area contributed by atoms with E-state index in [1.165, 1.54) is 5.56 Å². The van der Waals surface area contributed by atoms with E-state index >= 15 is 0 Å². The number of benzene rings is 1. The van der Waals surface area contributed by atoms with Gasteiger partial charge in [0.25, 0.3) is 0 Å². The number of alkyl halides is 1. The fourth-order valence-corrected chi connectivity index (χ4v) is 3.12. The third-order valence-electron chi connectivity index (χ3n) is 4.14. The van der Waals surface area contributed by atoms with Gasteiger partial charge in [-0.05, 0) is 42.5 Å². The van der Waals surface area contributed by atoms with Crippen molar-refractivity contribution in [2.45, 2.75) is 50.7 Å². The molecule has 1 N–H and O–H groups in total. The Morgan fingerprint density at radius 2 is 1.78 bits per heavy atom. The Kier molecular flexibility index (Phi) is 5.44. The summed E-state index contributed by atoms with van der Waals surface area (Å²) in [4.78, 5) is 10.4. The Balaban J connectivity index is 2.88. The smallest absolute Gasteiger partial charge is 0.188 e. The summed E-state index contributed by atoms with van der Waals surface area (Å²) in [6.07, 6.45) is 1.97. The van der Waals surface area contributed by atoms with Crippen LogP contribution in [0, 0.1) is 0 Å². The average Bonchev–Trinajstić information content (AvgIpc) is 2.28. The molecule has 18 heavy (non-hydrogen) atoms. The van der Waals surface area contributed by atoms with E-state index in [2.05, 4.69) is 38.1 Å². The van der Waals surface area contributed by atoms with Gasteiger partial charge in [0.05, 0.1) is 0 Å². The van der Waals surface area contributed by atoms with Gasteiger partial charge >= 0.3 is 0 Å². The van der Waals surface area contributed by atoms with Crippen molar-refractivity contribution in [3.8, 4) is 0 Å². The van der Waals surface area contributed by atoms with Crippen LogP contribution in [0.15, 0.2) is 30.3 Å². The van der Waals surface area contributed by atoms with E-state index in [1.807, 2.05) is 19.2 Å². The average molecular weight is 285 g/mol. The van der Waals surface area contributed by atoms with Crippen LogP contribution < -0.4 is 0 Å². The molecule has 0 radical (unpaired) electrons. The zero-order valence-electron chi connectivity index (χ0n) is 11.9. The molecule has 3 heteroatoms. The molecule has 1 unspecified atom stereocenters. The second kappa shape index (κ2) is 6.22. The van der Waals surface area contributed by atoms with Crippen LogP contribution in [0.3, 0.4) is 0 Å². The van der Waals surface area contributed by atoms with Crippen molar-refractivity contribution in [3.63, 3.8) is 0 Å². The van der Waals surface area contributed by atoms with Gasteiger partial charge in [-0.3, -0.25) is 0 Å². The maximum absolute atomic E-state index is 10.4. The zero-order valence-corrected chi connectivity index (χ0v) is 13.7. The molecule has 0 aliphatic rings. The highest BCUT2D eigenvalue weighted by atomic mass is 35.5. The van der Waals surface area contributed by atoms with Gasteiger partial charge < -0.3 is 4.80 Å². The van der Waals surface area contributed by atoms with Crippen LogP contribution in [-0.4, -0.2) is 19.0 Å². The van der Waals surface area contributed by atoms with Gasteiger partial charge in [0.15, 0.2) is 8.32 Å². The summed E-state index contributed by atoms with van der Waals surface area (Å²) in [6.45, 7) is 8.41. The Bertz CT molecular complexity index is 357. The molecule has 0 bridgehead atoms. The minimum Gasteiger partial charge on any atom is -0.432 e. The van der Waals surface area contributed by atoms with Gasteiger partial charge in [-0.25, -0.2) is 0 Å². The van der Waals surface area contributed by atoms with Gasteiger partial charge in [-0.2, -0.15) is 0 Å². The maximum Gasteiger partial charge on any atom is 0.188 e. The van der Waals surface area contributed by atoms with Crippen LogP contribution in [0.4, 0.5) is 0 Å². The fourth-order valence-electron chi connectivity index (χ4n) is 2.11. The molecular formula is C15H25ClOSi. The maximum atomic E-state index is 10.4. The molecule has 1 rings (SSSR count). The zero-order chi connectivity index (χ0) is 13.8. The van der Waals surface area contributed by atoms with Crippen LogP contribution in [-0.2, 0) is 0 Å². The number of rotatable bonds is 6. The van der Waals surface area contributed by atoms with Gasteiger partial charge in [0.2, 0.25) is 0 Å². The monoisotopic (exact) mass is 284 g/mol. The molecule has 0 aliphatic heterocycles. The molecule has 0 aliphatic carbocycles. The quantitative estimate of drug-likeness (QED) is 0.589. The van der Waals surface area contributed by atoms with Crippen LogP contribution in [0.25, 0.3) is 0 Å². The van der Waals surface area contributed by atoms with Gasteiger partial charge in [-0.1, -0.05) is 44.2 Å². The summed E-state index contributed by atoms with van der Waals surface area (Å²) >= 11 is 5.94. The Labute approximate surface area is 117 Å². The van der Waals surface area contributed by atoms with E-state index in [0.29, 0.717) is 11.8 Å². The largest absolute Gasteiger partial charge is 0.432 e. The minimum atomic E-state index is -2.15. The molecule has 0 fully saturated rings.